The summed E-state index contributed by atoms with van der Waals surface area (Å²) in [5, 5.41) is 11.3. The number of hydrogen-bond donors (Lipinski definition) is 2. The molecule has 0 saturated carbocycles. The van der Waals surface area contributed by atoms with Crippen LogP contribution in [0.5, 0.6) is 17.2 Å². The molecule has 0 bridgehead atoms. The molecule has 2 N–H and O–H groups in total. The van der Waals surface area contributed by atoms with Crippen LogP contribution >= 0.6 is 0 Å². The highest BCUT2D eigenvalue weighted by atomic mass is 16.5. The van der Waals surface area contributed by atoms with E-state index in [1.807, 2.05) is 6.07 Å². The predicted molar refractivity (Wildman–Crippen MR) is 90.7 cm³/mol. The van der Waals surface area contributed by atoms with Gasteiger partial charge in [-0.25, -0.2) is 4.79 Å². The number of carboxylic acid groups (broad SMARTS) is 1. The molecule has 25 heavy (non-hydrogen) atoms. The van der Waals surface area contributed by atoms with E-state index in [1.54, 1.807) is 26.2 Å². The molecular formula is C17H24N2O6. The van der Waals surface area contributed by atoms with E-state index in [9.17, 15) is 9.59 Å². The maximum absolute atomic E-state index is 12.2. The van der Waals surface area contributed by atoms with Crippen LogP contribution in [0, 0.1) is 0 Å². The Kier molecular flexibility index (Phi) is 6.32. The van der Waals surface area contributed by atoms with Gasteiger partial charge >= 0.3 is 12.0 Å². The third-order valence-corrected chi connectivity index (χ3v) is 4.21. The van der Waals surface area contributed by atoms with Gasteiger partial charge in [0.25, 0.3) is 0 Å². The van der Waals surface area contributed by atoms with E-state index in [2.05, 4.69) is 5.32 Å². The number of nitrogens with zero attached hydrogens (tertiary/aromatic N) is 1. The molecule has 1 aliphatic rings. The molecule has 0 atom stereocenters. The first-order chi connectivity index (χ1) is 12.0. The highest BCUT2D eigenvalue weighted by Crippen LogP contribution is 2.43. The molecule has 0 unspecified atom stereocenters. The number of amides is 2. The van der Waals surface area contributed by atoms with Crippen LogP contribution in [-0.2, 0) is 17.6 Å². The molecule has 0 aromatic heterocycles. The Labute approximate surface area is 146 Å². The average molecular weight is 352 g/mol. The maximum Gasteiger partial charge on any atom is 0.317 e. The van der Waals surface area contributed by atoms with Gasteiger partial charge in [-0.1, -0.05) is 0 Å². The molecule has 1 aliphatic heterocycles. The van der Waals surface area contributed by atoms with Gasteiger partial charge in [0.2, 0.25) is 5.75 Å². The number of hydrogen-bond acceptors (Lipinski definition) is 5. The summed E-state index contributed by atoms with van der Waals surface area (Å²) in [5.41, 5.74) is 2.05. The van der Waals surface area contributed by atoms with Gasteiger partial charge in [-0.15, -0.1) is 0 Å². The minimum Gasteiger partial charge on any atom is -0.493 e. The lowest BCUT2D eigenvalue weighted by Crippen LogP contribution is -2.42. The lowest BCUT2D eigenvalue weighted by Gasteiger charge is -2.20. The van der Waals surface area contributed by atoms with Crippen molar-refractivity contribution in [2.75, 3.05) is 41.0 Å². The van der Waals surface area contributed by atoms with Gasteiger partial charge in [0.15, 0.2) is 11.5 Å². The SMILES string of the molecule is COc1cc2c(c(OC)c1OC)CCN(C(=O)NCCC(=O)O)CC2. The number of methoxy groups -OCH3 is 3. The smallest absolute Gasteiger partial charge is 0.317 e. The van der Waals surface area contributed by atoms with E-state index >= 15 is 0 Å². The first-order valence-corrected chi connectivity index (χ1v) is 8.07. The van der Waals surface area contributed by atoms with Crippen molar-refractivity contribution in [3.05, 3.63) is 17.2 Å². The van der Waals surface area contributed by atoms with Gasteiger partial charge in [-0.2, -0.15) is 0 Å². The second-order valence-corrected chi connectivity index (χ2v) is 5.65. The van der Waals surface area contributed by atoms with Crippen LogP contribution < -0.4 is 19.5 Å². The summed E-state index contributed by atoms with van der Waals surface area (Å²) < 4.78 is 16.3. The molecule has 8 heteroatoms. The quantitative estimate of drug-likeness (QED) is 0.801. The Morgan fingerprint density at radius 2 is 1.80 bits per heavy atom. The van der Waals surface area contributed by atoms with Crippen molar-refractivity contribution in [2.24, 2.45) is 0 Å². The second kappa shape index (κ2) is 8.46. The fourth-order valence-electron chi connectivity index (χ4n) is 2.97. The minimum absolute atomic E-state index is 0.0952. The van der Waals surface area contributed by atoms with Crippen LogP contribution in [0.2, 0.25) is 0 Å². The Bertz CT molecular complexity index is 647. The summed E-state index contributed by atoms with van der Waals surface area (Å²) >= 11 is 0. The van der Waals surface area contributed by atoms with Crippen LogP contribution in [0.15, 0.2) is 6.07 Å². The molecule has 0 saturated heterocycles. The lowest BCUT2D eigenvalue weighted by atomic mass is 10.0. The van der Waals surface area contributed by atoms with E-state index in [0.717, 1.165) is 11.1 Å². The monoisotopic (exact) mass is 352 g/mol. The number of rotatable bonds is 6. The van der Waals surface area contributed by atoms with Gasteiger partial charge in [0.05, 0.1) is 27.8 Å². The zero-order valence-electron chi connectivity index (χ0n) is 14.8. The maximum atomic E-state index is 12.2. The predicted octanol–water partition coefficient (Wildman–Crippen LogP) is 1.30. The number of ether oxygens (including phenoxy) is 3. The van der Waals surface area contributed by atoms with E-state index in [-0.39, 0.29) is 19.0 Å². The third-order valence-electron chi connectivity index (χ3n) is 4.21. The summed E-state index contributed by atoms with van der Waals surface area (Å²) in [6.07, 6.45) is 1.17. The van der Waals surface area contributed by atoms with Crippen molar-refractivity contribution in [3.8, 4) is 17.2 Å². The Balaban J connectivity index is 2.16. The zero-order chi connectivity index (χ0) is 18.4. The van der Waals surface area contributed by atoms with Crippen LogP contribution in [-0.4, -0.2) is 63.0 Å². The van der Waals surface area contributed by atoms with Crippen molar-refractivity contribution < 1.29 is 28.9 Å². The number of nitrogens with one attached hydrogen (secondary N) is 1. The number of benzene rings is 1. The highest BCUT2D eigenvalue weighted by Gasteiger charge is 2.25. The fraction of sp³-hybridized carbons (Fsp3) is 0.529. The van der Waals surface area contributed by atoms with E-state index < -0.39 is 5.97 Å². The molecule has 1 aromatic carbocycles. The normalized spacial score (nSPS) is 13.5. The Hall–Kier alpha value is -2.64. The highest BCUT2D eigenvalue weighted by molar-refractivity contribution is 5.75. The number of carboxylic acids is 1. The van der Waals surface area contributed by atoms with Crippen molar-refractivity contribution >= 4 is 12.0 Å². The summed E-state index contributed by atoms with van der Waals surface area (Å²) in [6.45, 7) is 1.16. The standard InChI is InChI=1S/C17H24N2O6/c1-23-13-10-11-5-8-19(17(22)18-7-4-14(20)21)9-6-12(11)15(24-2)16(13)25-3/h10H,4-9H2,1-3H3,(H,18,22)(H,20,21). The largest absolute Gasteiger partial charge is 0.493 e. The molecule has 1 aromatic rings. The first-order valence-electron chi connectivity index (χ1n) is 8.07. The van der Waals surface area contributed by atoms with Gasteiger partial charge in [-0.3, -0.25) is 4.79 Å². The molecular weight excluding hydrogens is 328 g/mol. The average Bonchev–Trinajstić information content (AvgIpc) is 2.81. The van der Waals surface area contributed by atoms with Crippen LogP contribution in [0.1, 0.15) is 17.5 Å². The summed E-state index contributed by atoms with van der Waals surface area (Å²) in [6, 6.07) is 1.66. The summed E-state index contributed by atoms with van der Waals surface area (Å²) in [7, 11) is 4.72. The van der Waals surface area contributed by atoms with Crippen LogP contribution in [0.3, 0.4) is 0 Å². The third kappa shape index (κ3) is 4.26. The molecule has 0 radical (unpaired) electrons. The Morgan fingerprint density at radius 3 is 2.40 bits per heavy atom. The number of carbonyl (C=O) groups is 2. The molecule has 1 heterocycles. The molecule has 2 rings (SSSR count). The molecule has 2 amide bonds. The fourth-order valence-corrected chi connectivity index (χ4v) is 2.97. The van der Waals surface area contributed by atoms with Gasteiger partial charge in [0, 0.05) is 25.2 Å². The van der Waals surface area contributed by atoms with Crippen LogP contribution in [0.4, 0.5) is 4.79 Å². The number of fused-ring (bicyclic) bond motifs is 1. The van der Waals surface area contributed by atoms with Crippen LogP contribution in [0.25, 0.3) is 0 Å². The van der Waals surface area contributed by atoms with Crippen molar-refractivity contribution in [2.45, 2.75) is 19.3 Å². The van der Waals surface area contributed by atoms with E-state index in [0.29, 0.717) is 43.2 Å². The molecule has 138 valence electrons. The first kappa shape index (κ1) is 18.7. The number of urea groups is 1. The van der Waals surface area contributed by atoms with E-state index in [1.165, 1.54) is 0 Å². The molecule has 0 spiro atoms. The van der Waals surface area contributed by atoms with Gasteiger partial charge in [0.1, 0.15) is 0 Å². The zero-order valence-corrected chi connectivity index (χ0v) is 14.8. The second-order valence-electron chi connectivity index (χ2n) is 5.65. The summed E-state index contributed by atoms with van der Waals surface area (Å²) in [4.78, 5) is 24.5. The van der Waals surface area contributed by atoms with Crippen molar-refractivity contribution in [1.82, 2.24) is 10.2 Å². The van der Waals surface area contributed by atoms with Crippen molar-refractivity contribution in [1.29, 1.82) is 0 Å². The molecule has 0 fully saturated rings. The lowest BCUT2D eigenvalue weighted by molar-refractivity contribution is -0.136. The van der Waals surface area contributed by atoms with E-state index in [4.69, 9.17) is 19.3 Å². The molecule has 8 nitrogen and oxygen atoms in total. The van der Waals surface area contributed by atoms with Gasteiger partial charge in [-0.05, 0) is 24.5 Å². The number of aliphatic carboxylic acids is 1. The minimum atomic E-state index is -0.938. The summed E-state index contributed by atoms with van der Waals surface area (Å²) in [5.74, 6) is 0.832. The topological polar surface area (TPSA) is 97.3 Å². The Morgan fingerprint density at radius 1 is 1.12 bits per heavy atom. The number of carbonyl (C=O) groups excluding carboxylic acids is 1. The van der Waals surface area contributed by atoms with Crippen molar-refractivity contribution in [3.63, 3.8) is 0 Å². The molecule has 0 aliphatic carbocycles. The van der Waals surface area contributed by atoms with Gasteiger partial charge < -0.3 is 29.5 Å².